The van der Waals surface area contributed by atoms with E-state index in [1.807, 2.05) is 19.1 Å². The summed E-state index contributed by atoms with van der Waals surface area (Å²) in [5, 5.41) is 0. The van der Waals surface area contributed by atoms with Crippen LogP contribution in [0.25, 0.3) is 0 Å². The van der Waals surface area contributed by atoms with E-state index in [0.29, 0.717) is 11.3 Å². The first-order valence-electron chi connectivity index (χ1n) is 6.51. The van der Waals surface area contributed by atoms with Crippen LogP contribution in [0.1, 0.15) is 22.3 Å². The smallest absolute Gasteiger partial charge is 0.313 e. The number of halogens is 1. The first kappa shape index (κ1) is 15.5. The zero-order chi connectivity index (χ0) is 15.6. The van der Waals surface area contributed by atoms with Crippen molar-refractivity contribution in [3.05, 3.63) is 64.5 Å². The highest BCUT2D eigenvalue weighted by atomic mass is 32.2. The van der Waals surface area contributed by atoms with E-state index in [4.69, 9.17) is 4.18 Å². The molecule has 0 fully saturated rings. The van der Waals surface area contributed by atoms with E-state index in [2.05, 4.69) is 0 Å². The molecule has 0 aliphatic rings. The van der Waals surface area contributed by atoms with Gasteiger partial charge in [0, 0.05) is 0 Å². The van der Waals surface area contributed by atoms with E-state index in [1.165, 1.54) is 18.2 Å². The minimum atomic E-state index is -3.83. The maximum Gasteiger partial charge on any atom is 0.313 e. The van der Waals surface area contributed by atoms with E-state index in [9.17, 15) is 12.8 Å². The number of hydrogen-bond acceptors (Lipinski definition) is 3. The molecular weight excluding hydrogens is 291 g/mol. The topological polar surface area (TPSA) is 43.4 Å². The molecule has 0 bridgehead atoms. The van der Waals surface area contributed by atoms with Gasteiger partial charge in [0.2, 0.25) is 0 Å². The predicted molar refractivity (Wildman–Crippen MR) is 80.3 cm³/mol. The fourth-order valence-corrected chi connectivity index (χ4v) is 3.45. The fraction of sp³-hybridized carbons (Fsp3) is 0.250. The molecule has 5 heteroatoms. The largest absolute Gasteiger partial charge is 0.382 e. The van der Waals surface area contributed by atoms with Crippen molar-refractivity contribution in [1.29, 1.82) is 0 Å². The zero-order valence-electron chi connectivity index (χ0n) is 12.2. The molecule has 0 amide bonds. The van der Waals surface area contributed by atoms with E-state index in [-0.39, 0.29) is 5.75 Å². The van der Waals surface area contributed by atoms with Gasteiger partial charge >= 0.3 is 10.1 Å². The van der Waals surface area contributed by atoms with Crippen LogP contribution in [0, 0.1) is 26.6 Å². The molecule has 2 aromatic rings. The standard InChI is InChI=1S/C16H17FO3S/c1-11-7-12(2)16(13(3)8-11)20-21(18,19)10-14-5-4-6-15(17)9-14/h4-9H,10H2,1-3H3. The second-order valence-electron chi connectivity index (χ2n) is 5.14. The van der Waals surface area contributed by atoms with Crippen molar-refractivity contribution in [3.63, 3.8) is 0 Å². The normalized spacial score (nSPS) is 11.4. The maximum absolute atomic E-state index is 13.1. The molecule has 0 saturated carbocycles. The van der Waals surface area contributed by atoms with Gasteiger partial charge in [-0.2, -0.15) is 8.42 Å². The van der Waals surface area contributed by atoms with Crippen LogP contribution in [0.15, 0.2) is 36.4 Å². The molecule has 21 heavy (non-hydrogen) atoms. The van der Waals surface area contributed by atoms with Gasteiger partial charge in [0.25, 0.3) is 0 Å². The summed E-state index contributed by atoms with van der Waals surface area (Å²) in [6.07, 6.45) is 0. The van der Waals surface area contributed by atoms with Gasteiger partial charge in [0.1, 0.15) is 17.3 Å². The molecule has 0 radical (unpaired) electrons. The molecule has 3 nitrogen and oxygen atoms in total. The molecule has 0 spiro atoms. The molecule has 0 heterocycles. The summed E-state index contributed by atoms with van der Waals surface area (Å²) in [5.41, 5.74) is 2.92. The van der Waals surface area contributed by atoms with Crippen LogP contribution in [-0.2, 0) is 15.9 Å². The van der Waals surface area contributed by atoms with E-state index >= 15 is 0 Å². The van der Waals surface area contributed by atoms with E-state index in [0.717, 1.165) is 16.7 Å². The minimum absolute atomic E-state index is 0.344. The van der Waals surface area contributed by atoms with Crippen molar-refractivity contribution in [2.75, 3.05) is 0 Å². The number of benzene rings is 2. The highest BCUT2D eigenvalue weighted by Gasteiger charge is 2.17. The lowest BCUT2D eigenvalue weighted by molar-refractivity contribution is 0.481. The Balaban J connectivity index is 2.26. The summed E-state index contributed by atoms with van der Waals surface area (Å²) < 4.78 is 42.6. The van der Waals surface area contributed by atoms with Gasteiger partial charge in [-0.25, -0.2) is 4.39 Å². The first-order chi connectivity index (χ1) is 9.77. The molecule has 0 atom stereocenters. The maximum atomic E-state index is 13.1. The van der Waals surface area contributed by atoms with Crippen LogP contribution in [-0.4, -0.2) is 8.42 Å². The molecule has 0 N–H and O–H groups in total. The van der Waals surface area contributed by atoms with Crippen LogP contribution in [0.5, 0.6) is 5.75 Å². The van der Waals surface area contributed by atoms with Crippen LogP contribution in [0.2, 0.25) is 0 Å². The van der Waals surface area contributed by atoms with Gasteiger partial charge in [-0.05, 0) is 49.6 Å². The summed E-state index contributed by atoms with van der Waals surface area (Å²) in [7, 11) is -3.83. The van der Waals surface area contributed by atoms with Gasteiger partial charge in [0.15, 0.2) is 0 Å². The fourth-order valence-electron chi connectivity index (χ4n) is 2.29. The molecule has 0 saturated heterocycles. The Bertz CT molecular complexity index is 744. The van der Waals surface area contributed by atoms with Crippen molar-refractivity contribution < 1.29 is 17.0 Å². The van der Waals surface area contributed by atoms with Crippen molar-refractivity contribution in [3.8, 4) is 5.75 Å². The summed E-state index contributed by atoms with van der Waals surface area (Å²) >= 11 is 0. The van der Waals surface area contributed by atoms with Crippen molar-refractivity contribution in [2.45, 2.75) is 26.5 Å². The highest BCUT2D eigenvalue weighted by Crippen LogP contribution is 2.26. The lowest BCUT2D eigenvalue weighted by atomic mass is 10.1. The second kappa shape index (κ2) is 5.85. The summed E-state index contributed by atoms with van der Waals surface area (Å²) in [5.74, 6) is -0.486. The van der Waals surface area contributed by atoms with Crippen LogP contribution >= 0.6 is 0 Å². The van der Waals surface area contributed by atoms with Crippen LogP contribution < -0.4 is 4.18 Å². The monoisotopic (exact) mass is 308 g/mol. The molecule has 0 unspecified atom stereocenters. The predicted octanol–water partition coefficient (Wildman–Crippen LogP) is 3.66. The molecule has 2 rings (SSSR count). The van der Waals surface area contributed by atoms with E-state index < -0.39 is 15.9 Å². The van der Waals surface area contributed by atoms with Gasteiger partial charge < -0.3 is 4.18 Å². The first-order valence-corrected chi connectivity index (χ1v) is 8.09. The molecular formula is C16H17FO3S. The van der Waals surface area contributed by atoms with Crippen molar-refractivity contribution >= 4 is 10.1 Å². The van der Waals surface area contributed by atoms with Gasteiger partial charge in [0.05, 0.1) is 0 Å². The lowest BCUT2D eigenvalue weighted by Gasteiger charge is -2.13. The molecule has 2 aromatic carbocycles. The summed E-state index contributed by atoms with van der Waals surface area (Å²) in [6, 6.07) is 9.21. The van der Waals surface area contributed by atoms with Crippen molar-refractivity contribution in [2.24, 2.45) is 0 Å². The Morgan fingerprint density at radius 3 is 2.24 bits per heavy atom. The Labute approximate surface area is 124 Å². The Kier molecular flexibility index (Phi) is 4.32. The molecule has 0 aliphatic carbocycles. The van der Waals surface area contributed by atoms with Gasteiger partial charge in [-0.15, -0.1) is 0 Å². The number of rotatable bonds is 4. The average molecular weight is 308 g/mol. The summed E-state index contributed by atoms with van der Waals surface area (Å²) in [4.78, 5) is 0. The zero-order valence-corrected chi connectivity index (χ0v) is 13.0. The third-order valence-corrected chi connectivity index (χ3v) is 4.15. The highest BCUT2D eigenvalue weighted by molar-refractivity contribution is 7.86. The lowest BCUT2D eigenvalue weighted by Crippen LogP contribution is -2.13. The Morgan fingerprint density at radius 2 is 1.67 bits per heavy atom. The molecule has 0 aliphatic heterocycles. The SMILES string of the molecule is Cc1cc(C)c(OS(=O)(=O)Cc2cccc(F)c2)c(C)c1. The minimum Gasteiger partial charge on any atom is -0.382 e. The summed E-state index contributed by atoms with van der Waals surface area (Å²) in [6.45, 7) is 5.53. The van der Waals surface area contributed by atoms with Crippen molar-refractivity contribution in [1.82, 2.24) is 0 Å². The average Bonchev–Trinajstić information content (AvgIpc) is 2.33. The third kappa shape index (κ3) is 4.04. The Morgan fingerprint density at radius 1 is 1.05 bits per heavy atom. The van der Waals surface area contributed by atoms with Crippen LogP contribution in [0.4, 0.5) is 4.39 Å². The molecule has 0 aromatic heterocycles. The third-order valence-electron chi connectivity index (χ3n) is 3.05. The molecule has 112 valence electrons. The quantitative estimate of drug-likeness (QED) is 0.810. The van der Waals surface area contributed by atoms with Gasteiger partial charge in [-0.1, -0.05) is 29.8 Å². The number of hydrogen-bond donors (Lipinski definition) is 0. The number of aryl methyl sites for hydroxylation is 3. The second-order valence-corrected chi connectivity index (χ2v) is 6.71. The Hall–Kier alpha value is -1.88. The van der Waals surface area contributed by atoms with Crippen LogP contribution in [0.3, 0.4) is 0 Å². The van der Waals surface area contributed by atoms with E-state index in [1.54, 1.807) is 19.9 Å². The van der Waals surface area contributed by atoms with Gasteiger partial charge in [-0.3, -0.25) is 0 Å².